The topological polar surface area (TPSA) is 56.8 Å². The summed E-state index contributed by atoms with van der Waals surface area (Å²) in [6.45, 7) is 2.88. The molecule has 0 spiro atoms. The van der Waals surface area contributed by atoms with Crippen LogP contribution in [0.15, 0.2) is 42.5 Å². The second-order valence-electron chi connectivity index (χ2n) is 6.27. The van der Waals surface area contributed by atoms with Gasteiger partial charge >= 0.3 is 0 Å². The Morgan fingerprint density at radius 1 is 1.12 bits per heavy atom. The lowest BCUT2D eigenvalue weighted by atomic mass is 9.96. The summed E-state index contributed by atoms with van der Waals surface area (Å²) in [7, 11) is 1.61. The van der Waals surface area contributed by atoms with Gasteiger partial charge in [-0.05, 0) is 56.0 Å². The van der Waals surface area contributed by atoms with Crippen molar-refractivity contribution < 1.29 is 19.0 Å². The summed E-state index contributed by atoms with van der Waals surface area (Å²) < 4.78 is 16.8. The minimum Gasteiger partial charge on any atom is -0.493 e. The average molecular weight is 355 g/mol. The van der Waals surface area contributed by atoms with Crippen molar-refractivity contribution in [2.45, 2.75) is 38.8 Å². The van der Waals surface area contributed by atoms with E-state index in [1.165, 1.54) is 6.42 Å². The molecule has 0 aliphatic heterocycles. The zero-order valence-electron chi connectivity index (χ0n) is 15.3. The third-order valence-corrected chi connectivity index (χ3v) is 4.46. The van der Waals surface area contributed by atoms with Gasteiger partial charge in [0.05, 0.1) is 25.4 Å². The van der Waals surface area contributed by atoms with Gasteiger partial charge in [-0.25, -0.2) is 0 Å². The monoisotopic (exact) mass is 355 g/mol. The van der Waals surface area contributed by atoms with Gasteiger partial charge in [-0.15, -0.1) is 0 Å². The summed E-state index contributed by atoms with van der Waals surface area (Å²) in [5, 5.41) is 2.96. The molecule has 1 aliphatic carbocycles. The second kappa shape index (κ2) is 8.61. The van der Waals surface area contributed by atoms with Gasteiger partial charge in [-0.1, -0.05) is 18.2 Å². The quantitative estimate of drug-likeness (QED) is 0.779. The van der Waals surface area contributed by atoms with Crippen LogP contribution in [0.1, 0.15) is 42.1 Å². The van der Waals surface area contributed by atoms with Crippen molar-refractivity contribution in [3.8, 4) is 17.2 Å². The molecule has 0 saturated heterocycles. The number of methoxy groups -OCH3 is 1. The number of carbonyl (C=O) groups is 1. The largest absolute Gasteiger partial charge is 0.493 e. The van der Waals surface area contributed by atoms with E-state index < -0.39 is 0 Å². The maximum atomic E-state index is 12.6. The van der Waals surface area contributed by atoms with Crippen LogP contribution in [0.25, 0.3) is 0 Å². The average Bonchev–Trinajstić information content (AvgIpc) is 2.63. The van der Waals surface area contributed by atoms with E-state index in [0.717, 1.165) is 18.4 Å². The van der Waals surface area contributed by atoms with E-state index >= 15 is 0 Å². The molecular weight excluding hydrogens is 330 g/mol. The van der Waals surface area contributed by atoms with Crippen molar-refractivity contribution >= 4 is 5.91 Å². The van der Waals surface area contributed by atoms with Crippen molar-refractivity contribution in [3.05, 3.63) is 53.6 Å². The highest BCUT2D eigenvalue weighted by Crippen LogP contribution is 2.29. The first-order valence-electron chi connectivity index (χ1n) is 9.05. The summed E-state index contributed by atoms with van der Waals surface area (Å²) in [5.41, 5.74) is 1.51. The number of nitrogens with one attached hydrogen (secondary N) is 1. The minimum absolute atomic E-state index is 0.145. The molecule has 2 aromatic rings. The molecule has 5 nitrogen and oxygen atoms in total. The van der Waals surface area contributed by atoms with Crippen LogP contribution in [0.5, 0.6) is 17.2 Å². The molecule has 0 unspecified atom stereocenters. The Morgan fingerprint density at radius 3 is 2.62 bits per heavy atom. The van der Waals surface area contributed by atoms with E-state index in [0.29, 0.717) is 36.0 Å². The van der Waals surface area contributed by atoms with Gasteiger partial charge in [-0.3, -0.25) is 4.79 Å². The molecule has 1 N–H and O–H groups in total. The maximum absolute atomic E-state index is 12.6. The lowest BCUT2D eigenvalue weighted by molar-refractivity contribution is 0.0925. The van der Waals surface area contributed by atoms with E-state index in [1.807, 2.05) is 43.3 Å². The van der Waals surface area contributed by atoms with E-state index in [-0.39, 0.29) is 12.0 Å². The number of para-hydroxylation sites is 1. The van der Waals surface area contributed by atoms with Crippen molar-refractivity contribution in [2.75, 3.05) is 13.7 Å². The maximum Gasteiger partial charge on any atom is 0.255 e. The number of amides is 1. The van der Waals surface area contributed by atoms with Gasteiger partial charge in [0.15, 0.2) is 11.5 Å². The van der Waals surface area contributed by atoms with Crippen LogP contribution >= 0.6 is 0 Å². The minimum atomic E-state index is -0.145. The van der Waals surface area contributed by atoms with Crippen molar-refractivity contribution in [1.29, 1.82) is 0 Å². The normalized spacial score (nSPS) is 13.6. The Bertz CT molecular complexity index is 755. The van der Waals surface area contributed by atoms with Crippen molar-refractivity contribution in [2.24, 2.45) is 0 Å². The summed E-state index contributed by atoms with van der Waals surface area (Å²) >= 11 is 0. The molecule has 1 aliphatic rings. The standard InChI is InChI=1S/C21H25NO4/c1-3-25-20-13-15(11-12-19(20)24-2)14-22-21(23)17-9-4-5-10-18(17)26-16-7-6-8-16/h4-5,9-13,16H,3,6-8,14H2,1-2H3,(H,22,23). The molecule has 1 saturated carbocycles. The fourth-order valence-corrected chi connectivity index (χ4v) is 2.80. The summed E-state index contributed by atoms with van der Waals surface area (Å²) in [4.78, 5) is 12.6. The molecule has 0 heterocycles. The molecule has 0 radical (unpaired) electrons. The predicted octanol–water partition coefficient (Wildman–Crippen LogP) is 3.96. The first-order chi connectivity index (χ1) is 12.7. The predicted molar refractivity (Wildman–Crippen MR) is 100 cm³/mol. The fraction of sp³-hybridized carbons (Fsp3) is 0.381. The molecule has 0 atom stereocenters. The van der Waals surface area contributed by atoms with Gasteiger partial charge in [0.25, 0.3) is 5.91 Å². The molecule has 3 rings (SSSR count). The molecular formula is C21H25NO4. The summed E-state index contributed by atoms with van der Waals surface area (Å²) in [5.74, 6) is 1.87. The highest BCUT2D eigenvalue weighted by Gasteiger charge is 2.21. The van der Waals surface area contributed by atoms with Crippen LogP contribution in [0.3, 0.4) is 0 Å². The van der Waals surface area contributed by atoms with Crippen molar-refractivity contribution in [1.82, 2.24) is 5.32 Å². The summed E-state index contributed by atoms with van der Waals surface area (Å²) in [6.07, 6.45) is 3.54. The highest BCUT2D eigenvalue weighted by atomic mass is 16.5. The first kappa shape index (κ1) is 18.1. The number of rotatable bonds is 8. The smallest absolute Gasteiger partial charge is 0.255 e. The number of hydrogen-bond donors (Lipinski definition) is 1. The Hall–Kier alpha value is -2.69. The second-order valence-corrected chi connectivity index (χ2v) is 6.27. The van der Waals surface area contributed by atoms with Gasteiger partial charge in [0, 0.05) is 6.54 Å². The van der Waals surface area contributed by atoms with Gasteiger partial charge in [0.1, 0.15) is 5.75 Å². The fourth-order valence-electron chi connectivity index (χ4n) is 2.80. The molecule has 1 amide bonds. The zero-order chi connectivity index (χ0) is 18.4. The van der Waals surface area contributed by atoms with Gasteiger partial charge < -0.3 is 19.5 Å². The van der Waals surface area contributed by atoms with E-state index in [9.17, 15) is 4.79 Å². The molecule has 0 bridgehead atoms. The Kier molecular flexibility index (Phi) is 6.00. The third-order valence-electron chi connectivity index (χ3n) is 4.46. The molecule has 2 aromatic carbocycles. The number of ether oxygens (including phenoxy) is 3. The zero-order valence-corrected chi connectivity index (χ0v) is 15.3. The molecule has 1 fully saturated rings. The van der Waals surface area contributed by atoms with Crippen LogP contribution in [-0.2, 0) is 6.54 Å². The molecule has 26 heavy (non-hydrogen) atoms. The molecule has 0 aromatic heterocycles. The van der Waals surface area contributed by atoms with E-state index in [1.54, 1.807) is 13.2 Å². The van der Waals surface area contributed by atoms with Crippen molar-refractivity contribution in [3.63, 3.8) is 0 Å². The lowest BCUT2D eigenvalue weighted by Crippen LogP contribution is -2.27. The SMILES string of the molecule is CCOc1cc(CNC(=O)c2ccccc2OC2CCC2)ccc1OC. The van der Waals surface area contributed by atoms with Crippen LogP contribution < -0.4 is 19.5 Å². The van der Waals surface area contributed by atoms with Crippen LogP contribution in [0.2, 0.25) is 0 Å². The highest BCUT2D eigenvalue weighted by molar-refractivity contribution is 5.96. The third kappa shape index (κ3) is 4.28. The Balaban J connectivity index is 1.66. The van der Waals surface area contributed by atoms with E-state index in [2.05, 4.69) is 5.32 Å². The molecule has 5 heteroatoms. The Labute approximate surface area is 154 Å². The lowest BCUT2D eigenvalue weighted by Gasteiger charge is -2.27. The van der Waals surface area contributed by atoms with Crippen LogP contribution in [-0.4, -0.2) is 25.7 Å². The first-order valence-corrected chi connectivity index (χ1v) is 9.05. The van der Waals surface area contributed by atoms with Crippen LogP contribution in [0.4, 0.5) is 0 Å². The van der Waals surface area contributed by atoms with Gasteiger partial charge in [0.2, 0.25) is 0 Å². The molecule has 138 valence electrons. The number of carbonyl (C=O) groups excluding carboxylic acids is 1. The van der Waals surface area contributed by atoms with E-state index in [4.69, 9.17) is 14.2 Å². The van der Waals surface area contributed by atoms with Crippen LogP contribution in [0, 0.1) is 0 Å². The number of hydrogen-bond acceptors (Lipinski definition) is 4. The Morgan fingerprint density at radius 2 is 1.92 bits per heavy atom. The summed E-state index contributed by atoms with van der Waals surface area (Å²) in [6, 6.07) is 13.0. The van der Waals surface area contributed by atoms with Gasteiger partial charge in [-0.2, -0.15) is 0 Å². The number of benzene rings is 2.